The molecule has 0 bridgehead atoms. The highest BCUT2D eigenvalue weighted by atomic mass is 16.5. The summed E-state index contributed by atoms with van der Waals surface area (Å²) in [6, 6.07) is 6.05. The number of benzene rings is 1. The van der Waals surface area contributed by atoms with E-state index >= 15 is 0 Å². The summed E-state index contributed by atoms with van der Waals surface area (Å²) in [5, 5.41) is 19.6. The Bertz CT molecular complexity index is 686. The fourth-order valence-electron chi connectivity index (χ4n) is 4.64. The molecule has 0 spiro atoms. The van der Waals surface area contributed by atoms with Crippen molar-refractivity contribution in [2.45, 2.75) is 64.1 Å². The van der Waals surface area contributed by atoms with Crippen molar-refractivity contribution in [2.24, 2.45) is 5.41 Å². The molecule has 3 atom stereocenters. The molecule has 1 saturated carbocycles. The van der Waals surface area contributed by atoms with E-state index in [1.807, 2.05) is 19.1 Å². The Kier molecular flexibility index (Phi) is 6.50. The Morgan fingerprint density at radius 3 is 2.64 bits per heavy atom. The summed E-state index contributed by atoms with van der Waals surface area (Å²) < 4.78 is 11.8. The van der Waals surface area contributed by atoms with Crippen LogP contribution in [0.5, 0.6) is 11.5 Å². The molecule has 6 heteroatoms. The predicted octanol–water partition coefficient (Wildman–Crippen LogP) is 3.28. The van der Waals surface area contributed by atoms with Gasteiger partial charge in [0.1, 0.15) is 0 Å². The van der Waals surface area contributed by atoms with Gasteiger partial charge in [0.2, 0.25) is 0 Å². The fraction of sp³-hybridized carbons (Fsp3) is 0.682. The number of carboxylic acids is 1. The average Bonchev–Trinajstić information content (AvgIpc) is 3.28. The van der Waals surface area contributed by atoms with Crippen LogP contribution in [-0.2, 0) is 4.79 Å². The lowest BCUT2D eigenvalue weighted by atomic mass is 9.72. The molecule has 6 nitrogen and oxygen atoms in total. The van der Waals surface area contributed by atoms with E-state index in [1.54, 1.807) is 7.11 Å². The van der Waals surface area contributed by atoms with Crippen LogP contribution in [0.1, 0.15) is 57.4 Å². The van der Waals surface area contributed by atoms with E-state index < -0.39 is 12.1 Å². The molecule has 1 heterocycles. The van der Waals surface area contributed by atoms with Crippen molar-refractivity contribution < 1.29 is 24.5 Å². The third kappa shape index (κ3) is 4.44. The third-order valence-electron chi connectivity index (χ3n) is 6.58. The number of aliphatic hydroxyl groups is 1. The SMILES string of the molecule is COc1ccc([C@@H]2CN(CCC(=O)O)C[C@@]2(C)[C@@H](C)O)cc1OC1CCCC1. The molecule has 28 heavy (non-hydrogen) atoms. The topological polar surface area (TPSA) is 79.2 Å². The Morgan fingerprint density at radius 2 is 2.04 bits per heavy atom. The number of hydrogen-bond acceptors (Lipinski definition) is 5. The van der Waals surface area contributed by atoms with Gasteiger partial charge in [-0.05, 0) is 50.3 Å². The molecule has 2 aliphatic rings. The first-order valence-corrected chi connectivity index (χ1v) is 10.3. The highest BCUT2D eigenvalue weighted by molar-refractivity contribution is 5.66. The van der Waals surface area contributed by atoms with Crippen LogP contribution in [0.4, 0.5) is 0 Å². The first-order chi connectivity index (χ1) is 13.3. The fourth-order valence-corrected chi connectivity index (χ4v) is 4.64. The van der Waals surface area contributed by atoms with E-state index in [-0.39, 0.29) is 23.9 Å². The van der Waals surface area contributed by atoms with Crippen molar-refractivity contribution in [1.29, 1.82) is 0 Å². The highest BCUT2D eigenvalue weighted by Gasteiger charge is 2.47. The van der Waals surface area contributed by atoms with Gasteiger partial charge in [0.05, 0.1) is 25.7 Å². The average molecular weight is 392 g/mol. The van der Waals surface area contributed by atoms with Gasteiger partial charge in [-0.25, -0.2) is 0 Å². The van der Waals surface area contributed by atoms with Crippen LogP contribution in [0.2, 0.25) is 0 Å². The van der Waals surface area contributed by atoms with Crippen LogP contribution in [0, 0.1) is 5.41 Å². The molecule has 2 N–H and O–H groups in total. The number of nitrogens with zero attached hydrogens (tertiary/aromatic N) is 1. The van der Waals surface area contributed by atoms with Crippen molar-refractivity contribution >= 4 is 5.97 Å². The molecule has 1 aromatic carbocycles. The Morgan fingerprint density at radius 1 is 1.32 bits per heavy atom. The molecule has 0 aromatic heterocycles. The van der Waals surface area contributed by atoms with Crippen molar-refractivity contribution in [3.8, 4) is 11.5 Å². The van der Waals surface area contributed by atoms with Crippen molar-refractivity contribution in [1.82, 2.24) is 4.90 Å². The van der Waals surface area contributed by atoms with Gasteiger partial charge in [0.25, 0.3) is 0 Å². The zero-order valence-electron chi connectivity index (χ0n) is 17.2. The molecular weight excluding hydrogens is 358 g/mol. The second-order valence-corrected chi connectivity index (χ2v) is 8.55. The maximum Gasteiger partial charge on any atom is 0.304 e. The number of likely N-dealkylation sites (tertiary alicyclic amines) is 1. The van der Waals surface area contributed by atoms with Crippen LogP contribution in [0.3, 0.4) is 0 Å². The first kappa shape index (κ1) is 20.9. The molecule has 2 fully saturated rings. The molecule has 0 radical (unpaired) electrons. The number of aliphatic carboxylic acids is 1. The number of carboxylic acid groups (broad SMARTS) is 1. The smallest absolute Gasteiger partial charge is 0.304 e. The van der Waals surface area contributed by atoms with Gasteiger partial charge >= 0.3 is 5.97 Å². The summed E-state index contributed by atoms with van der Waals surface area (Å²) in [5.74, 6) is 0.802. The van der Waals surface area contributed by atoms with Gasteiger partial charge in [-0.2, -0.15) is 0 Å². The van der Waals surface area contributed by atoms with Gasteiger partial charge in [-0.1, -0.05) is 13.0 Å². The zero-order chi connectivity index (χ0) is 20.3. The van der Waals surface area contributed by atoms with E-state index in [4.69, 9.17) is 14.6 Å². The van der Waals surface area contributed by atoms with E-state index in [1.165, 1.54) is 12.8 Å². The van der Waals surface area contributed by atoms with Gasteiger partial charge in [0.15, 0.2) is 11.5 Å². The molecule has 0 unspecified atom stereocenters. The maximum absolute atomic E-state index is 11.0. The predicted molar refractivity (Wildman–Crippen MR) is 107 cm³/mol. The van der Waals surface area contributed by atoms with Gasteiger partial charge in [0, 0.05) is 31.0 Å². The van der Waals surface area contributed by atoms with E-state index in [0.29, 0.717) is 13.1 Å². The number of carbonyl (C=O) groups is 1. The van der Waals surface area contributed by atoms with E-state index in [9.17, 15) is 9.90 Å². The monoisotopic (exact) mass is 391 g/mol. The number of hydrogen-bond donors (Lipinski definition) is 2. The second-order valence-electron chi connectivity index (χ2n) is 8.55. The van der Waals surface area contributed by atoms with Crippen molar-refractivity contribution in [3.05, 3.63) is 23.8 Å². The molecule has 156 valence electrons. The first-order valence-electron chi connectivity index (χ1n) is 10.3. The third-order valence-corrected chi connectivity index (χ3v) is 6.58. The standard InChI is InChI=1S/C22H33NO5/c1-15(24)22(2)14-23(11-10-21(25)26)13-18(22)16-8-9-19(27-3)20(12-16)28-17-6-4-5-7-17/h8-9,12,15,17-18,24H,4-7,10-11,13-14H2,1-3H3,(H,25,26)/t15-,18+,22+/m1/s1. The lowest BCUT2D eigenvalue weighted by molar-refractivity contribution is -0.137. The number of rotatable bonds is 8. The quantitative estimate of drug-likeness (QED) is 0.708. The van der Waals surface area contributed by atoms with Crippen molar-refractivity contribution in [2.75, 3.05) is 26.7 Å². The molecule has 1 aliphatic carbocycles. The van der Waals surface area contributed by atoms with Crippen LogP contribution >= 0.6 is 0 Å². The number of aliphatic hydroxyl groups excluding tert-OH is 1. The molecular formula is C22H33NO5. The molecule has 0 amide bonds. The lowest BCUT2D eigenvalue weighted by Gasteiger charge is -2.34. The van der Waals surface area contributed by atoms with Gasteiger partial charge in [-0.3, -0.25) is 4.79 Å². The van der Waals surface area contributed by atoms with Crippen LogP contribution in [-0.4, -0.2) is 60.0 Å². The Hall–Kier alpha value is -1.79. The summed E-state index contributed by atoms with van der Waals surface area (Å²) in [6.45, 7) is 5.81. The summed E-state index contributed by atoms with van der Waals surface area (Å²) >= 11 is 0. The second kappa shape index (κ2) is 8.70. The highest BCUT2D eigenvalue weighted by Crippen LogP contribution is 2.47. The number of methoxy groups -OCH3 is 1. The van der Waals surface area contributed by atoms with Crippen LogP contribution in [0.15, 0.2) is 18.2 Å². The molecule has 1 aliphatic heterocycles. The summed E-state index contributed by atoms with van der Waals surface area (Å²) in [4.78, 5) is 13.1. The minimum atomic E-state index is -0.793. The van der Waals surface area contributed by atoms with Crippen LogP contribution < -0.4 is 9.47 Å². The normalized spacial score (nSPS) is 27.1. The minimum Gasteiger partial charge on any atom is -0.493 e. The molecule has 1 aromatic rings. The van der Waals surface area contributed by atoms with Gasteiger partial charge in [-0.15, -0.1) is 0 Å². The minimum absolute atomic E-state index is 0.0955. The molecule has 3 rings (SSSR count). The lowest BCUT2D eigenvalue weighted by Crippen LogP contribution is -2.37. The summed E-state index contributed by atoms with van der Waals surface area (Å²) in [6.07, 6.45) is 4.40. The number of ether oxygens (including phenoxy) is 2. The molecule has 1 saturated heterocycles. The van der Waals surface area contributed by atoms with Crippen molar-refractivity contribution in [3.63, 3.8) is 0 Å². The van der Waals surface area contributed by atoms with E-state index in [0.717, 1.165) is 36.4 Å². The summed E-state index contributed by atoms with van der Waals surface area (Å²) in [7, 11) is 1.65. The van der Waals surface area contributed by atoms with Gasteiger partial charge < -0.3 is 24.6 Å². The van der Waals surface area contributed by atoms with E-state index in [2.05, 4.69) is 17.9 Å². The Balaban J connectivity index is 1.85. The van der Waals surface area contributed by atoms with Crippen LogP contribution in [0.25, 0.3) is 0 Å². The Labute approximate surface area is 167 Å². The zero-order valence-corrected chi connectivity index (χ0v) is 17.2. The maximum atomic E-state index is 11.0. The largest absolute Gasteiger partial charge is 0.493 e. The summed E-state index contributed by atoms with van der Waals surface area (Å²) in [5.41, 5.74) is 0.757.